The van der Waals surface area contributed by atoms with E-state index in [1.54, 1.807) is 0 Å². The third-order valence-electron chi connectivity index (χ3n) is 7.55. The van der Waals surface area contributed by atoms with E-state index in [0.29, 0.717) is 5.92 Å². The summed E-state index contributed by atoms with van der Waals surface area (Å²) in [6, 6.07) is 10.5. The molecule has 0 atom stereocenters. The predicted octanol–water partition coefficient (Wildman–Crippen LogP) is 5.39. The molecule has 0 saturated carbocycles. The monoisotopic (exact) mass is 410 g/mol. The topological polar surface area (TPSA) is 36.1 Å². The first kappa shape index (κ1) is 20.1. The first-order valence-corrected chi connectivity index (χ1v) is 11.4. The molecule has 1 fully saturated rings. The molecule has 0 unspecified atom stereocenters. The summed E-state index contributed by atoms with van der Waals surface area (Å²) < 4.78 is 0. The highest BCUT2D eigenvalue weighted by atomic mass is 16.1. The van der Waals surface area contributed by atoms with Crippen LogP contribution in [-0.4, -0.2) is 35.8 Å². The third-order valence-corrected chi connectivity index (χ3v) is 7.55. The highest BCUT2D eigenvalue weighted by Crippen LogP contribution is 2.46. The number of H-pyrrole nitrogens is 1. The normalized spacial score (nSPS) is 18.6. The van der Waals surface area contributed by atoms with Crippen molar-refractivity contribution in [2.75, 3.05) is 20.1 Å². The zero-order valence-corrected chi connectivity index (χ0v) is 18.9. The third kappa shape index (κ3) is 2.97. The lowest BCUT2D eigenvalue weighted by atomic mass is 9.69. The Kier molecular flexibility index (Phi) is 4.61. The van der Waals surface area contributed by atoms with E-state index in [9.17, 15) is 4.79 Å². The lowest BCUT2D eigenvalue weighted by Crippen LogP contribution is -2.32. The number of fused-ring (bicyclic) bond motifs is 4. The van der Waals surface area contributed by atoms with E-state index in [0.717, 1.165) is 58.4 Å². The fourth-order valence-corrected chi connectivity index (χ4v) is 5.63. The number of terminal acetylenes is 1. The number of carbonyl (C=O) groups excluding carboxylic acids is 1. The molecule has 3 heteroatoms. The fraction of sp³-hybridized carbons (Fsp3) is 0.393. The second-order valence-corrected chi connectivity index (χ2v) is 9.76. The molecule has 1 aromatic heterocycles. The Morgan fingerprint density at radius 3 is 2.61 bits per heavy atom. The second-order valence-electron chi connectivity index (χ2n) is 9.76. The Labute approximate surface area is 184 Å². The van der Waals surface area contributed by atoms with Gasteiger partial charge in [-0.15, -0.1) is 6.42 Å². The van der Waals surface area contributed by atoms with Crippen LogP contribution < -0.4 is 0 Å². The van der Waals surface area contributed by atoms with Gasteiger partial charge < -0.3 is 9.88 Å². The zero-order valence-electron chi connectivity index (χ0n) is 18.9. The Hall–Kier alpha value is -2.83. The van der Waals surface area contributed by atoms with Crippen molar-refractivity contribution in [1.29, 1.82) is 0 Å². The molecule has 1 aliphatic carbocycles. The van der Waals surface area contributed by atoms with Crippen molar-refractivity contribution in [2.45, 2.75) is 51.4 Å². The van der Waals surface area contributed by atoms with Gasteiger partial charge in [-0.1, -0.05) is 38.8 Å². The first-order valence-electron chi connectivity index (χ1n) is 11.4. The largest absolute Gasteiger partial charge is 0.357 e. The summed E-state index contributed by atoms with van der Waals surface area (Å²) >= 11 is 0. The molecule has 1 aliphatic heterocycles. The summed E-state index contributed by atoms with van der Waals surface area (Å²) in [5, 5.41) is 0.968. The van der Waals surface area contributed by atoms with Crippen molar-refractivity contribution in [2.24, 2.45) is 0 Å². The predicted molar refractivity (Wildman–Crippen MR) is 127 cm³/mol. The summed E-state index contributed by atoms with van der Waals surface area (Å²) in [6.45, 7) is 8.95. The van der Waals surface area contributed by atoms with Crippen LogP contribution in [0.15, 0.2) is 30.3 Å². The molecule has 0 amide bonds. The summed E-state index contributed by atoms with van der Waals surface area (Å²) in [7, 11) is 2.20. The smallest absolute Gasteiger partial charge is 0.195 e. The van der Waals surface area contributed by atoms with Crippen molar-refractivity contribution in [1.82, 2.24) is 9.88 Å². The van der Waals surface area contributed by atoms with Gasteiger partial charge >= 0.3 is 0 Å². The maximum Gasteiger partial charge on any atom is 0.195 e. The van der Waals surface area contributed by atoms with Crippen LogP contribution in [0.2, 0.25) is 0 Å². The van der Waals surface area contributed by atoms with Crippen LogP contribution in [0.3, 0.4) is 0 Å². The quantitative estimate of drug-likeness (QED) is 0.575. The fourth-order valence-electron chi connectivity index (χ4n) is 5.63. The molecule has 3 aromatic rings. The highest BCUT2D eigenvalue weighted by Gasteiger charge is 2.40. The Morgan fingerprint density at radius 1 is 1.19 bits per heavy atom. The maximum atomic E-state index is 13.8. The van der Waals surface area contributed by atoms with Gasteiger partial charge in [-0.25, -0.2) is 0 Å². The lowest BCUT2D eigenvalue weighted by molar-refractivity contribution is 0.103. The molecular formula is C28H30N2O. The summed E-state index contributed by atoms with van der Waals surface area (Å²) in [6.07, 6.45) is 8.93. The van der Waals surface area contributed by atoms with Crippen molar-refractivity contribution >= 4 is 16.7 Å². The first-order chi connectivity index (χ1) is 14.8. The minimum atomic E-state index is -0.277. The Morgan fingerprint density at radius 2 is 1.94 bits per heavy atom. The molecular weight excluding hydrogens is 380 g/mol. The molecule has 1 saturated heterocycles. The van der Waals surface area contributed by atoms with Gasteiger partial charge in [0.25, 0.3) is 0 Å². The molecule has 0 radical (unpaired) electrons. The minimum absolute atomic E-state index is 0.133. The number of hydrogen-bond acceptors (Lipinski definition) is 2. The molecule has 31 heavy (non-hydrogen) atoms. The minimum Gasteiger partial charge on any atom is -0.357 e. The molecule has 0 spiro atoms. The number of piperidine rings is 1. The number of likely N-dealkylation sites (tertiary alicyclic amines) is 1. The number of nitrogens with zero attached hydrogens (tertiary/aromatic N) is 1. The van der Waals surface area contributed by atoms with Crippen LogP contribution in [-0.2, 0) is 11.8 Å². The van der Waals surface area contributed by atoms with Crippen LogP contribution in [0.25, 0.3) is 10.9 Å². The maximum absolute atomic E-state index is 13.8. The average molecular weight is 411 g/mol. The lowest BCUT2D eigenvalue weighted by Gasteiger charge is -2.35. The van der Waals surface area contributed by atoms with Crippen molar-refractivity contribution < 1.29 is 4.79 Å². The average Bonchev–Trinajstić information content (AvgIpc) is 3.17. The number of benzene rings is 2. The summed E-state index contributed by atoms with van der Waals surface area (Å²) in [5.74, 6) is 3.41. The molecule has 1 N–H and O–H groups in total. The van der Waals surface area contributed by atoms with Gasteiger partial charge in [0.15, 0.2) is 5.78 Å². The molecule has 5 rings (SSSR count). The van der Waals surface area contributed by atoms with Crippen LogP contribution in [0.1, 0.15) is 83.4 Å². The van der Waals surface area contributed by atoms with Gasteiger partial charge in [0.05, 0.1) is 5.56 Å². The van der Waals surface area contributed by atoms with Gasteiger partial charge in [0, 0.05) is 33.1 Å². The molecule has 2 aromatic carbocycles. The van der Waals surface area contributed by atoms with Crippen molar-refractivity contribution in [3.05, 3.63) is 69.4 Å². The molecule has 3 nitrogen and oxygen atoms in total. The second kappa shape index (κ2) is 7.11. The molecule has 158 valence electrons. The number of ketones is 1. The summed E-state index contributed by atoms with van der Waals surface area (Å²) in [4.78, 5) is 19.7. The van der Waals surface area contributed by atoms with E-state index in [4.69, 9.17) is 6.42 Å². The molecule has 2 aliphatic rings. The summed E-state index contributed by atoms with van der Waals surface area (Å²) in [5.41, 5.74) is 8.11. The van der Waals surface area contributed by atoms with E-state index in [1.807, 2.05) is 18.2 Å². The van der Waals surface area contributed by atoms with Gasteiger partial charge in [0.1, 0.15) is 0 Å². The van der Waals surface area contributed by atoms with Crippen LogP contribution >= 0.6 is 0 Å². The van der Waals surface area contributed by atoms with E-state index in [-0.39, 0.29) is 11.2 Å². The van der Waals surface area contributed by atoms with Crippen LogP contribution in [0, 0.1) is 12.3 Å². The van der Waals surface area contributed by atoms with E-state index in [2.05, 4.69) is 55.8 Å². The van der Waals surface area contributed by atoms with Crippen molar-refractivity contribution in [3.8, 4) is 12.3 Å². The standard InChI is InChI=1S/C28H30N2O/c1-6-17-8-9-20-24(14-17)29-27-25(20)26(31)22-15-18(7-2)21(16-23(22)28(27,3)4)19-10-12-30(5)13-11-19/h1,8-9,14-16,19,29H,7,10-13H2,2-5H3. The number of aryl methyl sites for hydroxylation is 1. The Bertz CT molecular complexity index is 1250. The Balaban J connectivity index is 1.70. The van der Waals surface area contributed by atoms with E-state index >= 15 is 0 Å². The van der Waals surface area contributed by atoms with Gasteiger partial charge in [-0.2, -0.15) is 0 Å². The SMILES string of the molecule is C#Cc1ccc2c3c([nH]c2c1)C(C)(C)c1cc(C2CCN(C)CC2)c(CC)cc1C3=O. The number of carbonyl (C=O) groups is 1. The van der Waals surface area contributed by atoms with Crippen LogP contribution in [0.5, 0.6) is 0 Å². The van der Waals surface area contributed by atoms with Gasteiger partial charge in [-0.3, -0.25) is 4.79 Å². The van der Waals surface area contributed by atoms with Gasteiger partial charge in [0.2, 0.25) is 0 Å². The van der Waals surface area contributed by atoms with E-state index < -0.39 is 0 Å². The van der Waals surface area contributed by atoms with Gasteiger partial charge in [-0.05, 0) is 80.2 Å². The number of nitrogens with one attached hydrogen (secondary N) is 1. The number of hydrogen-bond donors (Lipinski definition) is 1. The van der Waals surface area contributed by atoms with E-state index in [1.165, 1.54) is 24.0 Å². The number of rotatable bonds is 2. The zero-order chi connectivity index (χ0) is 21.9. The number of aromatic amines is 1. The molecule has 2 heterocycles. The van der Waals surface area contributed by atoms with Crippen LogP contribution in [0.4, 0.5) is 0 Å². The van der Waals surface area contributed by atoms with Crippen molar-refractivity contribution in [3.63, 3.8) is 0 Å². The molecule has 0 bridgehead atoms. The highest BCUT2D eigenvalue weighted by molar-refractivity contribution is 6.20. The number of aromatic nitrogens is 1.